The molecule has 0 radical (unpaired) electrons. The largest absolute Gasteiger partial charge is 0.353 e. The van der Waals surface area contributed by atoms with E-state index in [-0.39, 0.29) is 0 Å². The van der Waals surface area contributed by atoms with Crippen LogP contribution in [0, 0.1) is 5.92 Å². The van der Waals surface area contributed by atoms with E-state index in [1.807, 2.05) is 0 Å². The molecule has 0 aromatic heterocycles. The summed E-state index contributed by atoms with van der Waals surface area (Å²) in [6.45, 7) is 0. The lowest BCUT2D eigenvalue weighted by atomic mass is 9.87. The minimum atomic E-state index is 0.323. The summed E-state index contributed by atoms with van der Waals surface area (Å²) < 4.78 is 0. The highest BCUT2D eigenvalue weighted by Crippen LogP contribution is 2.26. The van der Waals surface area contributed by atoms with Gasteiger partial charge in [-0.25, -0.2) is 0 Å². The van der Waals surface area contributed by atoms with Gasteiger partial charge in [0.2, 0.25) is 5.91 Å². The Kier molecular flexibility index (Phi) is 5.34. The second kappa shape index (κ2) is 7.03. The number of rotatable bonds is 3. The van der Waals surface area contributed by atoms with Gasteiger partial charge >= 0.3 is 0 Å². The van der Waals surface area contributed by atoms with Crippen LogP contribution in [0.2, 0.25) is 0 Å². The molecule has 2 aliphatic rings. The zero-order valence-electron chi connectivity index (χ0n) is 11.0. The number of carbonyl (C=O) groups excluding carboxylic acids is 1. The van der Waals surface area contributed by atoms with Crippen LogP contribution in [0.1, 0.15) is 77.0 Å². The highest BCUT2D eigenvalue weighted by Gasteiger charge is 2.19. The molecule has 2 heteroatoms. The topological polar surface area (TPSA) is 29.1 Å². The summed E-state index contributed by atoms with van der Waals surface area (Å²) >= 11 is 0. The Hall–Kier alpha value is -0.530. The average molecular weight is 237 g/mol. The molecule has 0 unspecified atom stereocenters. The van der Waals surface area contributed by atoms with Crippen molar-refractivity contribution >= 4 is 5.91 Å². The van der Waals surface area contributed by atoms with Gasteiger partial charge in [-0.15, -0.1) is 0 Å². The predicted octanol–water partition coefficient (Wildman–Crippen LogP) is 3.80. The third-order valence-corrected chi connectivity index (χ3v) is 4.42. The van der Waals surface area contributed by atoms with Crippen molar-refractivity contribution in [3.8, 4) is 0 Å². The maximum absolute atomic E-state index is 12.0. The summed E-state index contributed by atoms with van der Waals surface area (Å²) in [4.78, 5) is 12.0. The van der Waals surface area contributed by atoms with Crippen molar-refractivity contribution in [2.75, 3.05) is 0 Å². The van der Waals surface area contributed by atoms with Crippen LogP contribution < -0.4 is 5.32 Å². The van der Waals surface area contributed by atoms with E-state index < -0.39 is 0 Å². The molecule has 0 aromatic carbocycles. The van der Waals surface area contributed by atoms with Crippen LogP contribution in [0.4, 0.5) is 0 Å². The van der Waals surface area contributed by atoms with Gasteiger partial charge in [0.15, 0.2) is 0 Å². The molecule has 0 bridgehead atoms. The Labute approximate surface area is 106 Å². The maximum Gasteiger partial charge on any atom is 0.220 e. The van der Waals surface area contributed by atoms with Crippen molar-refractivity contribution in [2.45, 2.75) is 83.1 Å². The van der Waals surface area contributed by atoms with Crippen LogP contribution in [-0.2, 0) is 4.79 Å². The summed E-state index contributed by atoms with van der Waals surface area (Å²) in [6, 6.07) is 0.480. The number of hydrogen-bond donors (Lipinski definition) is 1. The molecule has 2 aliphatic carbocycles. The van der Waals surface area contributed by atoms with E-state index in [9.17, 15) is 4.79 Å². The van der Waals surface area contributed by atoms with Gasteiger partial charge in [-0.05, 0) is 31.6 Å². The van der Waals surface area contributed by atoms with Gasteiger partial charge in [0.25, 0.3) is 0 Å². The smallest absolute Gasteiger partial charge is 0.220 e. The second-order valence-electron chi connectivity index (χ2n) is 5.96. The van der Waals surface area contributed by atoms with E-state index in [2.05, 4.69) is 5.32 Å². The highest BCUT2D eigenvalue weighted by molar-refractivity contribution is 5.76. The molecule has 0 aromatic rings. The highest BCUT2D eigenvalue weighted by atomic mass is 16.1. The van der Waals surface area contributed by atoms with Gasteiger partial charge in [-0.2, -0.15) is 0 Å². The molecule has 2 fully saturated rings. The molecule has 17 heavy (non-hydrogen) atoms. The van der Waals surface area contributed by atoms with Gasteiger partial charge in [0, 0.05) is 12.5 Å². The van der Waals surface area contributed by atoms with Crippen molar-refractivity contribution in [3.05, 3.63) is 0 Å². The first-order chi connectivity index (χ1) is 8.34. The zero-order valence-corrected chi connectivity index (χ0v) is 11.0. The lowest BCUT2D eigenvalue weighted by Gasteiger charge is -2.22. The number of amides is 1. The molecular weight excluding hydrogens is 210 g/mol. The molecule has 0 heterocycles. The summed E-state index contributed by atoms with van der Waals surface area (Å²) in [7, 11) is 0. The molecule has 2 saturated carbocycles. The standard InChI is InChI=1S/C15H27NO/c17-15(12-13-8-4-3-5-9-13)16-14-10-6-1-2-7-11-14/h13-14H,1-12H2,(H,16,17). The first kappa shape index (κ1) is 12.9. The molecule has 0 aliphatic heterocycles. The average Bonchev–Trinajstić information content (AvgIpc) is 2.59. The fourth-order valence-electron chi connectivity index (χ4n) is 3.36. The fraction of sp³-hybridized carbons (Fsp3) is 0.933. The van der Waals surface area contributed by atoms with Crippen molar-refractivity contribution in [1.82, 2.24) is 5.32 Å². The number of nitrogens with one attached hydrogen (secondary N) is 1. The zero-order chi connectivity index (χ0) is 11.9. The van der Waals surface area contributed by atoms with Crippen LogP contribution in [0.25, 0.3) is 0 Å². The normalized spacial score (nSPS) is 24.2. The Bertz CT molecular complexity index is 225. The maximum atomic E-state index is 12.0. The summed E-state index contributed by atoms with van der Waals surface area (Å²) in [5.74, 6) is 0.998. The van der Waals surface area contributed by atoms with E-state index in [0.29, 0.717) is 17.9 Å². The minimum Gasteiger partial charge on any atom is -0.353 e. The summed E-state index contributed by atoms with van der Waals surface area (Å²) in [5.41, 5.74) is 0. The van der Waals surface area contributed by atoms with Crippen LogP contribution in [0.15, 0.2) is 0 Å². The van der Waals surface area contributed by atoms with E-state index in [4.69, 9.17) is 0 Å². The Balaban J connectivity index is 1.68. The van der Waals surface area contributed by atoms with E-state index in [1.54, 1.807) is 0 Å². The van der Waals surface area contributed by atoms with Crippen molar-refractivity contribution in [3.63, 3.8) is 0 Å². The predicted molar refractivity (Wildman–Crippen MR) is 70.8 cm³/mol. The van der Waals surface area contributed by atoms with Crippen molar-refractivity contribution in [1.29, 1.82) is 0 Å². The Morgan fingerprint density at radius 3 is 2.00 bits per heavy atom. The molecule has 1 N–H and O–H groups in total. The summed E-state index contributed by atoms with van der Waals surface area (Å²) in [5, 5.41) is 3.27. The van der Waals surface area contributed by atoms with Crippen molar-refractivity contribution < 1.29 is 4.79 Å². The SMILES string of the molecule is O=C(CC1CCCCC1)NC1CCCCCC1. The molecule has 0 saturated heterocycles. The molecule has 0 spiro atoms. The Morgan fingerprint density at radius 2 is 1.35 bits per heavy atom. The van der Waals surface area contributed by atoms with Crippen molar-refractivity contribution in [2.24, 2.45) is 5.92 Å². The molecule has 98 valence electrons. The lowest BCUT2D eigenvalue weighted by Crippen LogP contribution is -2.35. The third kappa shape index (κ3) is 4.69. The van der Waals surface area contributed by atoms with E-state index in [1.165, 1.54) is 70.6 Å². The first-order valence-corrected chi connectivity index (χ1v) is 7.64. The lowest BCUT2D eigenvalue weighted by molar-refractivity contribution is -0.123. The first-order valence-electron chi connectivity index (χ1n) is 7.64. The van der Waals surface area contributed by atoms with Crippen LogP contribution in [0.3, 0.4) is 0 Å². The summed E-state index contributed by atoms with van der Waals surface area (Å²) in [6.07, 6.45) is 15.1. The number of hydrogen-bond acceptors (Lipinski definition) is 1. The Morgan fingerprint density at radius 1 is 0.824 bits per heavy atom. The van der Waals surface area contributed by atoms with Crippen LogP contribution in [0.5, 0.6) is 0 Å². The van der Waals surface area contributed by atoms with Gasteiger partial charge in [-0.3, -0.25) is 4.79 Å². The molecular formula is C15H27NO. The second-order valence-corrected chi connectivity index (χ2v) is 5.96. The molecule has 1 amide bonds. The van der Waals surface area contributed by atoms with Gasteiger partial charge < -0.3 is 5.32 Å². The number of carbonyl (C=O) groups is 1. The molecule has 2 nitrogen and oxygen atoms in total. The van der Waals surface area contributed by atoms with Gasteiger partial charge in [0.05, 0.1) is 0 Å². The minimum absolute atomic E-state index is 0.323. The van der Waals surface area contributed by atoms with Crippen LogP contribution in [-0.4, -0.2) is 11.9 Å². The van der Waals surface area contributed by atoms with Gasteiger partial charge in [0.1, 0.15) is 0 Å². The fourth-order valence-corrected chi connectivity index (χ4v) is 3.36. The van der Waals surface area contributed by atoms with E-state index >= 15 is 0 Å². The van der Waals surface area contributed by atoms with Gasteiger partial charge in [-0.1, -0.05) is 44.9 Å². The van der Waals surface area contributed by atoms with E-state index in [0.717, 1.165) is 6.42 Å². The molecule has 0 atom stereocenters. The molecule has 2 rings (SSSR count). The third-order valence-electron chi connectivity index (χ3n) is 4.42. The van der Waals surface area contributed by atoms with Crippen LogP contribution >= 0.6 is 0 Å². The monoisotopic (exact) mass is 237 g/mol. The quantitative estimate of drug-likeness (QED) is 0.743.